The summed E-state index contributed by atoms with van der Waals surface area (Å²) >= 11 is 1.48. The van der Waals surface area contributed by atoms with Gasteiger partial charge in [-0.2, -0.15) is 5.10 Å². The summed E-state index contributed by atoms with van der Waals surface area (Å²) in [4.78, 5) is 40.1. The van der Waals surface area contributed by atoms with Crippen LogP contribution in [-0.4, -0.2) is 64.6 Å². The lowest BCUT2D eigenvalue weighted by atomic mass is 9.97. The van der Waals surface area contributed by atoms with Crippen molar-refractivity contribution < 1.29 is 9.59 Å². The van der Waals surface area contributed by atoms with E-state index in [4.69, 9.17) is 0 Å². The molecule has 194 valence electrons. The third kappa shape index (κ3) is 4.30. The second-order valence-corrected chi connectivity index (χ2v) is 10.7. The Labute approximate surface area is 222 Å². The van der Waals surface area contributed by atoms with Gasteiger partial charge in [-0.1, -0.05) is 0 Å². The molecule has 0 saturated carbocycles. The first kappa shape index (κ1) is 24.2. The monoisotopic (exact) mass is 529 g/mol. The minimum atomic E-state index is -0.300. The lowest BCUT2D eigenvalue weighted by Gasteiger charge is -2.31. The number of aromatic amines is 1. The highest BCUT2D eigenvalue weighted by atomic mass is 32.1. The Morgan fingerprint density at radius 2 is 1.79 bits per heavy atom. The Balaban J connectivity index is 1.10. The van der Waals surface area contributed by atoms with E-state index in [0.29, 0.717) is 41.8 Å². The minimum absolute atomic E-state index is 0.140. The van der Waals surface area contributed by atoms with Crippen LogP contribution in [0.1, 0.15) is 67.3 Å². The summed E-state index contributed by atoms with van der Waals surface area (Å²) in [6, 6.07) is 5.86. The Morgan fingerprint density at radius 3 is 2.58 bits per heavy atom. The molecular formula is C26H27N9O2S. The molecule has 1 aliphatic rings. The van der Waals surface area contributed by atoms with E-state index < -0.39 is 0 Å². The molecule has 0 bridgehead atoms. The van der Waals surface area contributed by atoms with Gasteiger partial charge in [0.15, 0.2) is 11.3 Å². The average Bonchev–Trinajstić information content (AvgIpc) is 3.63. The fourth-order valence-electron chi connectivity index (χ4n) is 4.83. The summed E-state index contributed by atoms with van der Waals surface area (Å²) in [6.07, 6.45) is 1.52. The van der Waals surface area contributed by atoms with Crippen molar-refractivity contribution in [3.63, 3.8) is 0 Å². The number of H-pyrrole nitrogens is 1. The summed E-state index contributed by atoms with van der Waals surface area (Å²) in [7, 11) is 0. The van der Waals surface area contributed by atoms with Crippen molar-refractivity contribution in [3.8, 4) is 0 Å². The summed E-state index contributed by atoms with van der Waals surface area (Å²) in [5.74, 6) is 0.147. The lowest BCUT2D eigenvalue weighted by Crippen LogP contribution is -2.39. The predicted molar refractivity (Wildman–Crippen MR) is 144 cm³/mol. The number of amides is 2. The number of carbonyl (C=O) groups excluding carboxylic acids is 2. The highest BCUT2D eigenvalue weighted by molar-refractivity contribution is 7.10. The lowest BCUT2D eigenvalue weighted by molar-refractivity contribution is 0.0704. The molecule has 0 atom stereocenters. The van der Waals surface area contributed by atoms with Crippen molar-refractivity contribution in [2.75, 3.05) is 18.4 Å². The number of rotatable bonds is 4. The molecule has 11 nitrogen and oxygen atoms in total. The number of fused-ring (bicyclic) bond motifs is 2. The Kier molecular flexibility index (Phi) is 5.90. The number of nitrogens with one attached hydrogen (secondary N) is 2. The van der Waals surface area contributed by atoms with Gasteiger partial charge in [-0.05, 0) is 63.8 Å². The van der Waals surface area contributed by atoms with Gasteiger partial charge in [0.05, 0.1) is 27.4 Å². The third-order valence-electron chi connectivity index (χ3n) is 7.14. The Bertz CT molecular complexity index is 1670. The first-order valence-electron chi connectivity index (χ1n) is 12.5. The molecule has 0 unspecified atom stereocenters. The van der Waals surface area contributed by atoms with Gasteiger partial charge in [0.25, 0.3) is 11.8 Å². The van der Waals surface area contributed by atoms with Gasteiger partial charge in [-0.15, -0.1) is 21.5 Å². The standard InChI is InChI=1S/C26H27N9O2S/c1-13-9-18-19(10-14(13)2)29-26(28-18)30-23(36)20-12-38-24(27-20)17-5-7-34(8-6-17)25(37)22-16(4)35-21(31-32-22)11-15(3)33-35/h9-12,17H,5-8H2,1-4H3,(H2,28,29,30,36). The number of thiazole rings is 1. The molecular weight excluding hydrogens is 502 g/mol. The molecule has 0 spiro atoms. The Hall–Kier alpha value is -4.19. The van der Waals surface area contributed by atoms with Crippen molar-refractivity contribution in [2.45, 2.75) is 46.5 Å². The highest BCUT2D eigenvalue weighted by Crippen LogP contribution is 2.31. The SMILES string of the molecule is Cc1cc2nnc(C(=O)N3CCC(c4nc(C(=O)Nc5nc6cc(C)c(C)cc6[nH]5)cs4)CC3)c(C)n2n1. The summed E-state index contributed by atoms with van der Waals surface area (Å²) in [6.45, 7) is 8.97. The molecule has 6 rings (SSSR count). The summed E-state index contributed by atoms with van der Waals surface area (Å²) in [5, 5.41) is 18.3. The quantitative estimate of drug-likeness (QED) is 0.360. The van der Waals surface area contributed by atoms with Crippen LogP contribution in [0.4, 0.5) is 5.95 Å². The highest BCUT2D eigenvalue weighted by Gasteiger charge is 2.29. The minimum Gasteiger partial charge on any atom is -0.337 e. The molecule has 1 aromatic carbocycles. The maximum absolute atomic E-state index is 13.2. The van der Waals surface area contributed by atoms with E-state index in [-0.39, 0.29) is 17.7 Å². The van der Waals surface area contributed by atoms with Crippen LogP contribution in [0.5, 0.6) is 0 Å². The van der Waals surface area contributed by atoms with Crippen LogP contribution in [0.25, 0.3) is 16.7 Å². The van der Waals surface area contributed by atoms with Crippen LogP contribution >= 0.6 is 11.3 Å². The second-order valence-electron chi connectivity index (χ2n) is 9.82. The number of likely N-dealkylation sites (tertiary alicyclic amines) is 1. The van der Waals surface area contributed by atoms with Crippen LogP contribution in [0.2, 0.25) is 0 Å². The maximum Gasteiger partial charge on any atom is 0.277 e. The molecule has 12 heteroatoms. The van der Waals surface area contributed by atoms with Crippen LogP contribution in [0.15, 0.2) is 23.6 Å². The average molecular weight is 530 g/mol. The predicted octanol–water partition coefficient (Wildman–Crippen LogP) is 3.96. The number of hydrogen-bond acceptors (Lipinski definition) is 8. The van der Waals surface area contributed by atoms with Crippen LogP contribution in [0.3, 0.4) is 0 Å². The van der Waals surface area contributed by atoms with E-state index in [1.165, 1.54) is 11.3 Å². The van der Waals surface area contributed by atoms with E-state index in [1.54, 1.807) is 9.90 Å². The largest absolute Gasteiger partial charge is 0.337 e. The fourth-order valence-corrected chi connectivity index (χ4v) is 5.81. The molecule has 1 fully saturated rings. The smallest absolute Gasteiger partial charge is 0.277 e. The van der Waals surface area contributed by atoms with Gasteiger partial charge in [-0.3, -0.25) is 14.9 Å². The molecule has 2 amide bonds. The zero-order valence-corrected chi connectivity index (χ0v) is 22.4. The van der Waals surface area contributed by atoms with E-state index in [9.17, 15) is 9.59 Å². The number of hydrogen-bond donors (Lipinski definition) is 2. The van der Waals surface area contributed by atoms with E-state index in [2.05, 4.69) is 35.6 Å². The van der Waals surface area contributed by atoms with Crippen LogP contribution < -0.4 is 5.32 Å². The number of benzene rings is 1. The molecule has 38 heavy (non-hydrogen) atoms. The Morgan fingerprint density at radius 1 is 1.03 bits per heavy atom. The van der Waals surface area contributed by atoms with Crippen LogP contribution in [-0.2, 0) is 0 Å². The topological polar surface area (TPSA) is 134 Å². The summed E-state index contributed by atoms with van der Waals surface area (Å²) in [5.41, 5.74) is 6.82. The first-order valence-corrected chi connectivity index (χ1v) is 13.4. The normalized spacial score (nSPS) is 14.5. The molecule has 4 aromatic heterocycles. The van der Waals surface area contributed by atoms with Crippen molar-refractivity contribution in [3.05, 3.63) is 62.5 Å². The maximum atomic E-state index is 13.2. The number of piperidine rings is 1. The van der Waals surface area contributed by atoms with Crippen molar-refractivity contribution in [2.24, 2.45) is 0 Å². The number of aryl methyl sites for hydroxylation is 4. The van der Waals surface area contributed by atoms with Gasteiger partial charge >= 0.3 is 0 Å². The molecule has 5 aromatic rings. The van der Waals surface area contributed by atoms with Crippen LogP contribution in [0, 0.1) is 27.7 Å². The van der Waals surface area contributed by atoms with E-state index in [0.717, 1.165) is 45.7 Å². The van der Waals surface area contributed by atoms with E-state index >= 15 is 0 Å². The molecule has 0 aliphatic carbocycles. The molecule has 0 radical (unpaired) electrons. The van der Waals surface area contributed by atoms with Crippen molar-refractivity contribution in [1.82, 2.24) is 39.7 Å². The van der Waals surface area contributed by atoms with Gasteiger partial charge < -0.3 is 9.88 Å². The molecule has 2 N–H and O–H groups in total. The van der Waals surface area contributed by atoms with Crippen molar-refractivity contribution >= 4 is 45.8 Å². The number of imidazole rings is 1. The number of carbonyl (C=O) groups is 2. The first-order chi connectivity index (χ1) is 18.3. The van der Waals surface area contributed by atoms with E-state index in [1.807, 2.05) is 50.8 Å². The van der Waals surface area contributed by atoms with Gasteiger partial charge in [0.2, 0.25) is 5.95 Å². The molecule has 1 aliphatic heterocycles. The molecule has 5 heterocycles. The number of aromatic nitrogens is 7. The zero-order valence-electron chi connectivity index (χ0n) is 21.6. The third-order valence-corrected chi connectivity index (χ3v) is 8.15. The zero-order chi connectivity index (χ0) is 26.6. The van der Waals surface area contributed by atoms with Gasteiger partial charge in [-0.25, -0.2) is 14.5 Å². The number of anilines is 1. The molecule has 1 saturated heterocycles. The second kappa shape index (κ2) is 9.28. The van der Waals surface area contributed by atoms with Gasteiger partial charge in [0, 0.05) is 30.5 Å². The fraction of sp³-hybridized carbons (Fsp3) is 0.346. The summed E-state index contributed by atoms with van der Waals surface area (Å²) < 4.78 is 1.66. The van der Waals surface area contributed by atoms with Crippen molar-refractivity contribution in [1.29, 1.82) is 0 Å². The number of nitrogens with zero attached hydrogens (tertiary/aromatic N) is 7. The van der Waals surface area contributed by atoms with Gasteiger partial charge in [0.1, 0.15) is 5.69 Å².